The Kier molecular flexibility index (Phi) is 8.22. The van der Waals surface area contributed by atoms with Crippen molar-refractivity contribution in [2.75, 3.05) is 22.9 Å². The highest BCUT2D eigenvalue weighted by Gasteiger charge is 2.28. The highest BCUT2D eigenvalue weighted by molar-refractivity contribution is 7.98. The smallest absolute Gasteiger partial charge is 0.243 e. The number of thioether (sulfide) groups is 1. The van der Waals surface area contributed by atoms with Crippen LogP contribution in [0.1, 0.15) is 18.1 Å². The number of carbonyl (C=O) groups excluding carboxylic acids is 1. The van der Waals surface area contributed by atoms with E-state index in [9.17, 15) is 13.2 Å². The van der Waals surface area contributed by atoms with Crippen LogP contribution in [-0.2, 0) is 20.6 Å². The second-order valence-corrected chi connectivity index (χ2v) is 9.88. The molecule has 1 amide bonds. The number of carbonyl (C=O) groups is 1. The molecular weight excluding hydrogens is 416 g/mol. The molecule has 8 heteroatoms. The first-order valence-electron chi connectivity index (χ1n) is 8.85. The molecular formula is C20H25ClN2O3S2. The van der Waals surface area contributed by atoms with E-state index in [1.54, 1.807) is 36.9 Å². The Labute approximate surface area is 176 Å². The maximum Gasteiger partial charge on any atom is 0.243 e. The molecule has 0 fully saturated rings. The fourth-order valence-corrected chi connectivity index (χ4v) is 5.08. The molecule has 0 bridgehead atoms. The van der Waals surface area contributed by atoms with Gasteiger partial charge in [0.05, 0.1) is 11.9 Å². The van der Waals surface area contributed by atoms with Crippen LogP contribution < -0.4 is 9.62 Å². The maximum absolute atomic E-state index is 12.5. The predicted molar refractivity (Wildman–Crippen MR) is 119 cm³/mol. The number of anilines is 1. The van der Waals surface area contributed by atoms with Crippen molar-refractivity contribution >= 4 is 45.0 Å². The van der Waals surface area contributed by atoms with Gasteiger partial charge in [-0.1, -0.05) is 41.9 Å². The Hall–Kier alpha value is -1.70. The number of aryl methyl sites for hydroxylation is 1. The number of halogens is 1. The molecule has 2 aromatic carbocycles. The van der Waals surface area contributed by atoms with Crippen LogP contribution in [0.2, 0.25) is 5.02 Å². The second-order valence-electron chi connectivity index (χ2n) is 6.51. The zero-order valence-electron chi connectivity index (χ0n) is 16.2. The van der Waals surface area contributed by atoms with Crippen LogP contribution in [0.15, 0.2) is 48.5 Å². The minimum absolute atomic E-state index is 0.328. The van der Waals surface area contributed by atoms with Gasteiger partial charge in [0.15, 0.2) is 0 Å². The van der Waals surface area contributed by atoms with Crippen LogP contribution in [-0.4, -0.2) is 38.9 Å². The molecule has 0 aliphatic rings. The van der Waals surface area contributed by atoms with E-state index >= 15 is 0 Å². The molecule has 0 spiro atoms. The molecule has 0 saturated carbocycles. The van der Waals surface area contributed by atoms with E-state index in [0.29, 0.717) is 18.0 Å². The number of nitrogens with zero attached hydrogens (tertiary/aromatic N) is 1. The van der Waals surface area contributed by atoms with Gasteiger partial charge < -0.3 is 5.32 Å². The van der Waals surface area contributed by atoms with Crippen LogP contribution in [0.4, 0.5) is 5.69 Å². The standard InChI is InChI=1S/C20H25ClN2O3S2/c1-15-7-6-9-18(13-15)23(28(3,25)26)16(2)20(24)22-11-12-27-14-17-8-4-5-10-19(17)21/h4-10,13,16H,11-12,14H2,1-3H3,(H,22,24)/t16-/m1/s1. The zero-order valence-corrected chi connectivity index (χ0v) is 18.6. The van der Waals surface area contributed by atoms with Crippen LogP contribution >= 0.6 is 23.4 Å². The molecule has 1 N–H and O–H groups in total. The van der Waals surface area contributed by atoms with Crippen molar-refractivity contribution < 1.29 is 13.2 Å². The van der Waals surface area contributed by atoms with Gasteiger partial charge in [-0.05, 0) is 43.2 Å². The molecule has 28 heavy (non-hydrogen) atoms. The molecule has 0 aromatic heterocycles. The van der Waals surface area contributed by atoms with Gasteiger partial charge in [-0.15, -0.1) is 0 Å². The van der Waals surface area contributed by atoms with E-state index in [1.165, 1.54) is 0 Å². The second kappa shape index (κ2) is 10.2. The molecule has 5 nitrogen and oxygen atoms in total. The van der Waals surface area contributed by atoms with Gasteiger partial charge in [0, 0.05) is 23.1 Å². The van der Waals surface area contributed by atoms with Gasteiger partial charge in [-0.25, -0.2) is 8.42 Å². The number of rotatable bonds is 9. The SMILES string of the molecule is Cc1cccc(N([C@H](C)C(=O)NCCSCc2ccccc2Cl)S(C)(=O)=O)c1. The summed E-state index contributed by atoms with van der Waals surface area (Å²) >= 11 is 7.79. The van der Waals surface area contributed by atoms with Crippen molar-refractivity contribution in [3.8, 4) is 0 Å². The summed E-state index contributed by atoms with van der Waals surface area (Å²) in [6.45, 7) is 3.92. The lowest BCUT2D eigenvalue weighted by Gasteiger charge is -2.28. The summed E-state index contributed by atoms with van der Waals surface area (Å²) in [4.78, 5) is 12.5. The summed E-state index contributed by atoms with van der Waals surface area (Å²) in [5.74, 6) is 1.13. The zero-order chi connectivity index (χ0) is 20.7. The number of amides is 1. The van der Waals surface area contributed by atoms with Crippen molar-refractivity contribution in [2.45, 2.75) is 25.6 Å². The molecule has 0 unspecified atom stereocenters. The lowest BCUT2D eigenvalue weighted by Crippen LogP contribution is -2.48. The Morgan fingerprint density at radius 2 is 1.93 bits per heavy atom. The van der Waals surface area contributed by atoms with Gasteiger partial charge in [0.1, 0.15) is 6.04 Å². The molecule has 2 aromatic rings. The minimum atomic E-state index is -3.60. The van der Waals surface area contributed by atoms with E-state index < -0.39 is 16.1 Å². The number of benzene rings is 2. The van der Waals surface area contributed by atoms with E-state index in [2.05, 4.69) is 5.32 Å². The minimum Gasteiger partial charge on any atom is -0.353 e. The average molecular weight is 441 g/mol. The van der Waals surface area contributed by atoms with E-state index in [4.69, 9.17) is 11.6 Å². The Bertz CT molecular complexity index is 919. The van der Waals surface area contributed by atoms with E-state index in [0.717, 1.165) is 32.5 Å². The number of nitrogens with one attached hydrogen (secondary N) is 1. The lowest BCUT2D eigenvalue weighted by atomic mass is 10.2. The van der Waals surface area contributed by atoms with Gasteiger partial charge in [0.25, 0.3) is 0 Å². The highest BCUT2D eigenvalue weighted by atomic mass is 35.5. The highest BCUT2D eigenvalue weighted by Crippen LogP contribution is 2.22. The summed E-state index contributed by atoms with van der Waals surface area (Å²) in [6.07, 6.45) is 1.11. The summed E-state index contributed by atoms with van der Waals surface area (Å²) in [7, 11) is -3.60. The quantitative estimate of drug-likeness (QED) is 0.601. The monoisotopic (exact) mass is 440 g/mol. The van der Waals surface area contributed by atoms with E-state index in [-0.39, 0.29) is 5.91 Å². The molecule has 0 aliphatic heterocycles. The Morgan fingerprint density at radius 3 is 2.57 bits per heavy atom. The maximum atomic E-state index is 12.5. The molecule has 0 radical (unpaired) electrons. The van der Waals surface area contributed by atoms with Crippen LogP contribution in [0.25, 0.3) is 0 Å². The molecule has 0 aliphatic carbocycles. The molecule has 0 saturated heterocycles. The topological polar surface area (TPSA) is 66.5 Å². The van der Waals surface area contributed by atoms with Gasteiger partial charge >= 0.3 is 0 Å². The van der Waals surface area contributed by atoms with Crippen molar-refractivity contribution in [1.82, 2.24) is 5.32 Å². The molecule has 2 rings (SSSR count). The third-order valence-electron chi connectivity index (χ3n) is 4.11. The molecule has 1 atom stereocenters. The molecule has 152 valence electrons. The van der Waals surface area contributed by atoms with Gasteiger partial charge in [-0.3, -0.25) is 9.10 Å². The lowest BCUT2D eigenvalue weighted by molar-refractivity contribution is -0.121. The van der Waals surface area contributed by atoms with Crippen LogP contribution in [0.3, 0.4) is 0 Å². The first kappa shape index (κ1) is 22.6. The largest absolute Gasteiger partial charge is 0.353 e. The summed E-state index contributed by atoms with van der Waals surface area (Å²) in [6, 6.07) is 13.9. The number of sulfonamides is 1. The summed E-state index contributed by atoms with van der Waals surface area (Å²) in [5.41, 5.74) is 2.46. The first-order valence-corrected chi connectivity index (χ1v) is 12.2. The summed E-state index contributed by atoms with van der Waals surface area (Å²) in [5, 5.41) is 3.55. The van der Waals surface area contributed by atoms with Crippen molar-refractivity contribution in [3.05, 3.63) is 64.7 Å². The Balaban J connectivity index is 1.91. The van der Waals surface area contributed by atoms with Crippen LogP contribution in [0.5, 0.6) is 0 Å². The van der Waals surface area contributed by atoms with Crippen molar-refractivity contribution in [1.29, 1.82) is 0 Å². The van der Waals surface area contributed by atoms with Crippen LogP contribution in [0, 0.1) is 6.92 Å². The number of hydrogen-bond acceptors (Lipinski definition) is 4. The average Bonchev–Trinajstić information content (AvgIpc) is 2.61. The molecule has 0 heterocycles. The summed E-state index contributed by atoms with van der Waals surface area (Å²) < 4.78 is 25.7. The Morgan fingerprint density at radius 1 is 1.21 bits per heavy atom. The normalized spacial score (nSPS) is 12.4. The number of hydrogen-bond donors (Lipinski definition) is 1. The first-order chi connectivity index (χ1) is 13.2. The van der Waals surface area contributed by atoms with Crippen molar-refractivity contribution in [3.63, 3.8) is 0 Å². The van der Waals surface area contributed by atoms with E-state index in [1.807, 2.05) is 37.3 Å². The fraction of sp³-hybridized carbons (Fsp3) is 0.350. The third-order valence-corrected chi connectivity index (χ3v) is 6.72. The third kappa shape index (κ3) is 6.43. The van der Waals surface area contributed by atoms with Crippen molar-refractivity contribution in [2.24, 2.45) is 0 Å². The van der Waals surface area contributed by atoms with Gasteiger partial charge in [0.2, 0.25) is 15.9 Å². The predicted octanol–water partition coefficient (Wildman–Crippen LogP) is 3.85. The fourth-order valence-electron chi connectivity index (χ4n) is 2.77. The van der Waals surface area contributed by atoms with Gasteiger partial charge in [-0.2, -0.15) is 11.8 Å².